The highest BCUT2D eigenvalue weighted by atomic mass is 16.5. The van der Waals surface area contributed by atoms with Gasteiger partial charge in [-0.15, -0.1) is 0 Å². The Morgan fingerprint density at radius 3 is 2.23 bits per heavy atom. The van der Waals surface area contributed by atoms with Crippen molar-refractivity contribution in [1.82, 2.24) is 0 Å². The minimum atomic E-state index is 0.455. The zero-order valence-electron chi connectivity index (χ0n) is 9.76. The molecule has 1 heteroatoms. The Labute approximate surface area is 82.9 Å². The Hall–Kier alpha value is -0.0400. The average Bonchev–Trinajstić information content (AvgIpc) is 2.03. The van der Waals surface area contributed by atoms with E-state index in [-0.39, 0.29) is 0 Å². The second-order valence-electron chi connectivity index (χ2n) is 5.63. The maximum absolute atomic E-state index is 5.53. The molecule has 0 aromatic rings. The Morgan fingerprint density at radius 2 is 1.77 bits per heavy atom. The molecule has 1 nitrogen and oxygen atoms in total. The second kappa shape index (κ2) is 4.00. The van der Waals surface area contributed by atoms with Crippen LogP contribution in [0, 0.1) is 17.3 Å². The molecular weight excluding hydrogens is 160 g/mol. The first-order valence-electron chi connectivity index (χ1n) is 5.48. The molecule has 1 saturated carbocycles. The van der Waals surface area contributed by atoms with Crippen LogP contribution in [0.5, 0.6) is 0 Å². The Morgan fingerprint density at radius 1 is 1.15 bits per heavy atom. The summed E-state index contributed by atoms with van der Waals surface area (Å²) >= 11 is 0. The molecule has 2 unspecified atom stereocenters. The van der Waals surface area contributed by atoms with Crippen molar-refractivity contribution >= 4 is 0 Å². The number of ether oxygens (including phenoxy) is 1. The van der Waals surface area contributed by atoms with E-state index in [0.29, 0.717) is 11.5 Å². The molecule has 3 atom stereocenters. The molecule has 1 rings (SSSR count). The van der Waals surface area contributed by atoms with Gasteiger partial charge in [-0.25, -0.2) is 0 Å². The lowest BCUT2D eigenvalue weighted by molar-refractivity contribution is -0.0116. The van der Waals surface area contributed by atoms with Gasteiger partial charge < -0.3 is 4.74 Å². The monoisotopic (exact) mass is 184 g/mol. The van der Waals surface area contributed by atoms with E-state index in [1.54, 1.807) is 0 Å². The SMILES string of the molecule is COC1C[C@H](C(C)(C)C)CCC1C. The topological polar surface area (TPSA) is 9.23 Å². The highest BCUT2D eigenvalue weighted by Crippen LogP contribution is 2.40. The van der Waals surface area contributed by atoms with Crippen molar-refractivity contribution in [2.45, 2.75) is 53.1 Å². The molecule has 0 amide bonds. The van der Waals surface area contributed by atoms with Crippen LogP contribution >= 0.6 is 0 Å². The van der Waals surface area contributed by atoms with E-state index < -0.39 is 0 Å². The quantitative estimate of drug-likeness (QED) is 0.606. The molecule has 78 valence electrons. The fourth-order valence-electron chi connectivity index (χ4n) is 2.40. The van der Waals surface area contributed by atoms with Gasteiger partial charge in [-0.1, -0.05) is 27.7 Å². The van der Waals surface area contributed by atoms with Gasteiger partial charge >= 0.3 is 0 Å². The first kappa shape index (κ1) is 11.0. The van der Waals surface area contributed by atoms with Crippen LogP contribution in [0.4, 0.5) is 0 Å². The summed E-state index contributed by atoms with van der Waals surface area (Å²) < 4.78 is 5.53. The molecule has 0 aliphatic heterocycles. The molecule has 0 saturated heterocycles. The van der Waals surface area contributed by atoms with E-state index in [2.05, 4.69) is 27.7 Å². The fourth-order valence-corrected chi connectivity index (χ4v) is 2.40. The minimum absolute atomic E-state index is 0.455. The number of hydrogen-bond acceptors (Lipinski definition) is 1. The first-order valence-corrected chi connectivity index (χ1v) is 5.48. The average molecular weight is 184 g/mol. The molecule has 0 radical (unpaired) electrons. The zero-order chi connectivity index (χ0) is 10.1. The molecule has 0 aromatic carbocycles. The fraction of sp³-hybridized carbons (Fsp3) is 1.00. The Balaban J connectivity index is 2.55. The standard InChI is InChI=1S/C12H24O/c1-9-6-7-10(12(2,3)4)8-11(9)13-5/h9-11H,6-8H2,1-5H3/t9?,10-,11?/m1/s1. The summed E-state index contributed by atoms with van der Waals surface area (Å²) in [5.41, 5.74) is 0.455. The predicted octanol–water partition coefficient (Wildman–Crippen LogP) is 3.48. The van der Waals surface area contributed by atoms with Crippen LogP contribution in [0.2, 0.25) is 0 Å². The van der Waals surface area contributed by atoms with Gasteiger partial charge in [0.1, 0.15) is 0 Å². The van der Waals surface area contributed by atoms with Gasteiger partial charge in [0.05, 0.1) is 6.10 Å². The van der Waals surface area contributed by atoms with Gasteiger partial charge in [0.15, 0.2) is 0 Å². The molecule has 1 aliphatic rings. The van der Waals surface area contributed by atoms with Crippen molar-refractivity contribution in [2.75, 3.05) is 7.11 Å². The Kier molecular flexibility index (Phi) is 3.39. The molecular formula is C12H24O. The van der Waals surface area contributed by atoms with Gasteiger partial charge in [0, 0.05) is 7.11 Å². The summed E-state index contributed by atoms with van der Waals surface area (Å²) in [6.45, 7) is 9.36. The highest BCUT2D eigenvalue weighted by Gasteiger charge is 2.33. The lowest BCUT2D eigenvalue weighted by Crippen LogP contribution is -2.34. The smallest absolute Gasteiger partial charge is 0.0599 e. The van der Waals surface area contributed by atoms with Crippen molar-refractivity contribution in [2.24, 2.45) is 17.3 Å². The van der Waals surface area contributed by atoms with E-state index in [0.717, 1.165) is 11.8 Å². The van der Waals surface area contributed by atoms with Crippen LogP contribution in [0.25, 0.3) is 0 Å². The van der Waals surface area contributed by atoms with Gasteiger partial charge in [-0.05, 0) is 36.5 Å². The first-order chi connectivity index (χ1) is 5.95. The number of methoxy groups -OCH3 is 1. The van der Waals surface area contributed by atoms with Gasteiger partial charge in [-0.3, -0.25) is 0 Å². The van der Waals surface area contributed by atoms with Crippen molar-refractivity contribution in [3.63, 3.8) is 0 Å². The number of rotatable bonds is 1. The summed E-state index contributed by atoms with van der Waals surface area (Å²) in [6.07, 6.45) is 4.46. The van der Waals surface area contributed by atoms with Crippen LogP contribution in [0.1, 0.15) is 47.0 Å². The van der Waals surface area contributed by atoms with Crippen LogP contribution in [0.3, 0.4) is 0 Å². The van der Waals surface area contributed by atoms with Crippen LogP contribution in [-0.2, 0) is 4.74 Å². The van der Waals surface area contributed by atoms with E-state index in [1.165, 1.54) is 19.3 Å². The maximum atomic E-state index is 5.53. The van der Waals surface area contributed by atoms with Gasteiger partial charge in [-0.2, -0.15) is 0 Å². The maximum Gasteiger partial charge on any atom is 0.0599 e. The van der Waals surface area contributed by atoms with Crippen molar-refractivity contribution in [3.05, 3.63) is 0 Å². The minimum Gasteiger partial charge on any atom is -0.381 e. The Bertz CT molecular complexity index is 157. The third kappa shape index (κ3) is 2.70. The summed E-state index contributed by atoms with van der Waals surface area (Å²) in [5.74, 6) is 1.59. The largest absolute Gasteiger partial charge is 0.381 e. The number of hydrogen-bond donors (Lipinski definition) is 0. The normalized spacial score (nSPS) is 36.2. The van der Waals surface area contributed by atoms with Crippen molar-refractivity contribution in [3.8, 4) is 0 Å². The molecule has 13 heavy (non-hydrogen) atoms. The lowest BCUT2D eigenvalue weighted by Gasteiger charge is -2.40. The molecule has 0 N–H and O–H groups in total. The third-order valence-corrected chi connectivity index (χ3v) is 3.65. The summed E-state index contributed by atoms with van der Waals surface area (Å²) in [5, 5.41) is 0. The van der Waals surface area contributed by atoms with E-state index in [1.807, 2.05) is 7.11 Å². The lowest BCUT2D eigenvalue weighted by atomic mass is 9.69. The summed E-state index contributed by atoms with van der Waals surface area (Å²) in [7, 11) is 1.85. The van der Waals surface area contributed by atoms with Crippen molar-refractivity contribution < 1.29 is 4.74 Å². The van der Waals surface area contributed by atoms with E-state index >= 15 is 0 Å². The molecule has 1 fully saturated rings. The molecule has 0 spiro atoms. The molecule has 1 aliphatic carbocycles. The van der Waals surface area contributed by atoms with Crippen LogP contribution in [-0.4, -0.2) is 13.2 Å². The molecule has 0 aromatic heterocycles. The summed E-state index contributed by atoms with van der Waals surface area (Å²) in [6, 6.07) is 0. The summed E-state index contributed by atoms with van der Waals surface area (Å²) in [4.78, 5) is 0. The highest BCUT2D eigenvalue weighted by molar-refractivity contribution is 4.84. The predicted molar refractivity (Wildman–Crippen MR) is 56.8 cm³/mol. The third-order valence-electron chi connectivity index (χ3n) is 3.65. The van der Waals surface area contributed by atoms with E-state index in [9.17, 15) is 0 Å². The zero-order valence-corrected chi connectivity index (χ0v) is 9.76. The van der Waals surface area contributed by atoms with Crippen molar-refractivity contribution in [1.29, 1.82) is 0 Å². The van der Waals surface area contributed by atoms with Gasteiger partial charge in [0.2, 0.25) is 0 Å². The van der Waals surface area contributed by atoms with Crippen LogP contribution in [0.15, 0.2) is 0 Å². The van der Waals surface area contributed by atoms with E-state index in [4.69, 9.17) is 4.74 Å². The molecule has 0 heterocycles. The second-order valence-corrected chi connectivity index (χ2v) is 5.63. The van der Waals surface area contributed by atoms with Crippen LogP contribution < -0.4 is 0 Å². The van der Waals surface area contributed by atoms with Gasteiger partial charge in [0.25, 0.3) is 0 Å². The molecule has 0 bridgehead atoms.